The molecule has 0 saturated carbocycles. The van der Waals surface area contributed by atoms with Gasteiger partial charge in [0.25, 0.3) is 11.5 Å². The molecule has 0 bridgehead atoms. The molecule has 1 atom stereocenters. The maximum atomic E-state index is 13.5. The van der Waals surface area contributed by atoms with Crippen LogP contribution in [0.2, 0.25) is 5.02 Å². The zero-order valence-electron chi connectivity index (χ0n) is 18.2. The van der Waals surface area contributed by atoms with E-state index in [0.29, 0.717) is 33.0 Å². The number of rotatable bonds is 5. The standard InChI is InChI=1S/C26H24ClN3O2/c1-4-18-13-15-19(16-14-18)30-24(28-23-12-8-6-10-21(23)26(30)32)17(2)29(3)25(31)20-9-5-7-11-22(20)27/h5-17H,4H2,1-3H3. The van der Waals surface area contributed by atoms with E-state index in [1.807, 2.05) is 49.4 Å². The van der Waals surface area contributed by atoms with Crippen LogP contribution in [0.5, 0.6) is 0 Å². The van der Waals surface area contributed by atoms with Crippen molar-refractivity contribution in [1.29, 1.82) is 0 Å². The molecule has 5 nitrogen and oxygen atoms in total. The number of fused-ring (bicyclic) bond motifs is 1. The van der Waals surface area contributed by atoms with E-state index < -0.39 is 6.04 Å². The predicted molar refractivity (Wildman–Crippen MR) is 129 cm³/mol. The molecule has 162 valence electrons. The molecule has 4 aromatic rings. The average molecular weight is 446 g/mol. The van der Waals surface area contributed by atoms with Crippen molar-refractivity contribution in [3.63, 3.8) is 0 Å². The van der Waals surface area contributed by atoms with Gasteiger partial charge < -0.3 is 4.90 Å². The minimum Gasteiger partial charge on any atom is -0.332 e. The first kappa shape index (κ1) is 21.8. The molecule has 0 aliphatic rings. The van der Waals surface area contributed by atoms with Crippen LogP contribution in [0.15, 0.2) is 77.6 Å². The predicted octanol–water partition coefficient (Wildman–Crippen LogP) is 5.43. The Morgan fingerprint density at radius 3 is 2.38 bits per heavy atom. The third-order valence-electron chi connectivity index (χ3n) is 5.78. The molecule has 6 heteroatoms. The van der Waals surface area contributed by atoms with Gasteiger partial charge >= 0.3 is 0 Å². The first-order valence-corrected chi connectivity index (χ1v) is 10.9. The van der Waals surface area contributed by atoms with Gasteiger partial charge in [0.1, 0.15) is 5.82 Å². The molecular weight excluding hydrogens is 422 g/mol. The van der Waals surface area contributed by atoms with E-state index in [-0.39, 0.29) is 11.5 Å². The number of amides is 1. The number of hydrogen-bond donors (Lipinski definition) is 0. The van der Waals surface area contributed by atoms with E-state index in [1.54, 1.807) is 46.8 Å². The molecule has 1 aromatic heterocycles. The summed E-state index contributed by atoms with van der Waals surface area (Å²) < 4.78 is 1.60. The molecule has 4 rings (SSSR count). The molecule has 3 aromatic carbocycles. The Kier molecular flexibility index (Phi) is 6.10. The van der Waals surface area contributed by atoms with Crippen LogP contribution in [-0.4, -0.2) is 27.4 Å². The van der Waals surface area contributed by atoms with Crippen LogP contribution in [-0.2, 0) is 6.42 Å². The molecule has 0 N–H and O–H groups in total. The molecule has 1 unspecified atom stereocenters. The van der Waals surface area contributed by atoms with Crippen LogP contribution < -0.4 is 5.56 Å². The van der Waals surface area contributed by atoms with Crippen molar-refractivity contribution in [2.45, 2.75) is 26.3 Å². The molecule has 0 spiro atoms. The van der Waals surface area contributed by atoms with Crippen molar-refractivity contribution in [2.24, 2.45) is 0 Å². The van der Waals surface area contributed by atoms with E-state index in [4.69, 9.17) is 16.6 Å². The molecule has 0 radical (unpaired) electrons. The second-order valence-electron chi connectivity index (χ2n) is 7.72. The van der Waals surface area contributed by atoms with Gasteiger partial charge in [0.15, 0.2) is 0 Å². The molecule has 0 aliphatic heterocycles. The molecule has 0 aliphatic carbocycles. The van der Waals surface area contributed by atoms with Gasteiger partial charge in [-0.2, -0.15) is 0 Å². The number of carbonyl (C=O) groups is 1. The number of para-hydroxylation sites is 1. The van der Waals surface area contributed by atoms with Crippen molar-refractivity contribution in [3.05, 3.63) is 105 Å². The second kappa shape index (κ2) is 8.97. The number of halogens is 1. The van der Waals surface area contributed by atoms with Crippen LogP contribution >= 0.6 is 11.6 Å². The Bertz CT molecular complexity index is 1350. The second-order valence-corrected chi connectivity index (χ2v) is 8.13. The molecule has 32 heavy (non-hydrogen) atoms. The summed E-state index contributed by atoms with van der Waals surface area (Å²) in [4.78, 5) is 33.1. The minimum atomic E-state index is -0.484. The van der Waals surface area contributed by atoms with Crippen LogP contribution in [0.1, 0.15) is 41.6 Å². The normalized spacial score (nSPS) is 12.0. The first-order chi connectivity index (χ1) is 15.4. The summed E-state index contributed by atoms with van der Waals surface area (Å²) in [6.45, 7) is 3.95. The quantitative estimate of drug-likeness (QED) is 0.411. The SMILES string of the molecule is CCc1ccc(-n2c(C(C)N(C)C(=O)c3ccccc3Cl)nc3ccccc3c2=O)cc1. The van der Waals surface area contributed by atoms with E-state index in [9.17, 15) is 9.59 Å². The minimum absolute atomic E-state index is 0.166. The third-order valence-corrected chi connectivity index (χ3v) is 6.11. The van der Waals surface area contributed by atoms with Crippen LogP contribution in [0.4, 0.5) is 0 Å². The summed E-state index contributed by atoms with van der Waals surface area (Å²) in [5.74, 6) is 0.249. The van der Waals surface area contributed by atoms with Crippen LogP contribution in [0, 0.1) is 0 Å². The maximum absolute atomic E-state index is 13.5. The lowest BCUT2D eigenvalue weighted by atomic mass is 10.1. The largest absolute Gasteiger partial charge is 0.332 e. The smallest absolute Gasteiger partial charge is 0.266 e. The highest BCUT2D eigenvalue weighted by Crippen LogP contribution is 2.25. The zero-order chi connectivity index (χ0) is 22.8. The summed E-state index contributed by atoms with van der Waals surface area (Å²) in [6, 6.07) is 21.6. The van der Waals surface area contributed by atoms with E-state index in [2.05, 4.69) is 6.92 Å². The van der Waals surface area contributed by atoms with Gasteiger partial charge in [0, 0.05) is 7.05 Å². The van der Waals surface area contributed by atoms with Gasteiger partial charge in [-0.1, -0.05) is 54.9 Å². The highest BCUT2D eigenvalue weighted by molar-refractivity contribution is 6.33. The fraction of sp³-hybridized carbons (Fsp3) is 0.192. The molecule has 0 saturated heterocycles. The van der Waals surface area contributed by atoms with Gasteiger partial charge in [0.05, 0.1) is 33.2 Å². The van der Waals surface area contributed by atoms with Crippen molar-refractivity contribution in [1.82, 2.24) is 14.5 Å². The van der Waals surface area contributed by atoms with E-state index in [1.165, 1.54) is 5.56 Å². The van der Waals surface area contributed by atoms with Gasteiger partial charge in [0.2, 0.25) is 0 Å². The summed E-state index contributed by atoms with van der Waals surface area (Å²) in [6.07, 6.45) is 0.906. The lowest BCUT2D eigenvalue weighted by Crippen LogP contribution is -2.35. The topological polar surface area (TPSA) is 55.2 Å². The highest BCUT2D eigenvalue weighted by Gasteiger charge is 2.25. The van der Waals surface area contributed by atoms with Crippen LogP contribution in [0.25, 0.3) is 16.6 Å². The van der Waals surface area contributed by atoms with Crippen molar-refractivity contribution in [3.8, 4) is 5.69 Å². The zero-order valence-corrected chi connectivity index (χ0v) is 19.0. The molecule has 1 amide bonds. The summed E-state index contributed by atoms with van der Waals surface area (Å²) in [7, 11) is 1.70. The highest BCUT2D eigenvalue weighted by atomic mass is 35.5. The van der Waals surface area contributed by atoms with Gasteiger partial charge in [-0.15, -0.1) is 0 Å². The Labute approximate surface area is 191 Å². The van der Waals surface area contributed by atoms with Crippen molar-refractivity contribution in [2.75, 3.05) is 7.05 Å². The summed E-state index contributed by atoms with van der Waals surface area (Å²) >= 11 is 6.25. The van der Waals surface area contributed by atoms with Gasteiger partial charge in [-0.25, -0.2) is 4.98 Å². The van der Waals surface area contributed by atoms with E-state index >= 15 is 0 Å². The van der Waals surface area contributed by atoms with Crippen molar-refractivity contribution >= 4 is 28.4 Å². The van der Waals surface area contributed by atoms with Crippen LogP contribution in [0.3, 0.4) is 0 Å². The number of nitrogens with zero attached hydrogens (tertiary/aromatic N) is 3. The number of hydrogen-bond acceptors (Lipinski definition) is 3. The molecule has 1 heterocycles. The molecule has 0 fully saturated rings. The molecular formula is C26H24ClN3O2. The fourth-order valence-electron chi connectivity index (χ4n) is 3.73. The average Bonchev–Trinajstić information content (AvgIpc) is 2.83. The monoisotopic (exact) mass is 445 g/mol. The maximum Gasteiger partial charge on any atom is 0.266 e. The van der Waals surface area contributed by atoms with E-state index in [0.717, 1.165) is 6.42 Å². The van der Waals surface area contributed by atoms with Gasteiger partial charge in [-0.05, 0) is 55.3 Å². The summed E-state index contributed by atoms with van der Waals surface area (Å²) in [5, 5.41) is 0.915. The van der Waals surface area contributed by atoms with Gasteiger partial charge in [-0.3, -0.25) is 14.2 Å². The number of aromatic nitrogens is 2. The fourth-order valence-corrected chi connectivity index (χ4v) is 3.95. The summed E-state index contributed by atoms with van der Waals surface area (Å²) in [5.41, 5.74) is 2.73. The lowest BCUT2D eigenvalue weighted by molar-refractivity contribution is 0.0735. The Balaban J connectivity index is 1.87. The number of aryl methyl sites for hydroxylation is 1. The Hall–Kier alpha value is -3.44. The first-order valence-electron chi connectivity index (χ1n) is 10.5. The van der Waals surface area contributed by atoms with Crippen molar-refractivity contribution < 1.29 is 4.79 Å². The third kappa shape index (κ3) is 3.92. The Morgan fingerprint density at radius 1 is 1.03 bits per heavy atom. The lowest BCUT2D eigenvalue weighted by Gasteiger charge is -2.27. The number of benzene rings is 3. The number of carbonyl (C=O) groups excluding carboxylic acids is 1. The Morgan fingerprint density at radius 2 is 1.69 bits per heavy atom.